The zero-order valence-electron chi connectivity index (χ0n) is 16.6. The van der Waals surface area contributed by atoms with Gasteiger partial charge in [0, 0.05) is 24.3 Å². The van der Waals surface area contributed by atoms with E-state index >= 15 is 0 Å². The lowest BCUT2D eigenvalue weighted by Gasteiger charge is -2.33. The highest BCUT2D eigenvalue weighted by molar-refractivity contribution is 7.99. The molecule has 0 aliphatic carbocycles. The Morgan fingerprint density at radius 3 is 2.81 bits per heavy atom. The van der Waals surface area contributed by atoms with E-state index in [9.17, 15) is 0 Å². The molecule has 0 fully saturated rings. The molecule has 26 heavy (non-hydrogen) atoms. The smallest absolute Gasteiger partial charge is 0.190 e. The lowest BCUT2D eigenvalue weighted by Crippen LogP contribution is -3.05. The van der Waals surface area contributed by atoms with Crippen LogP contribution in [0.25, 0.3) is 10.2 Å². The summed E-state index contributed by atoms with van der Waals surface area (Å²) in [6.45, 7) is 9.36. The largest absolute Gasteiger partial charge is 0.369 e. The third-order valence-corrected chi connectivity index (χ3v) is 6.81. The number of hydrogen-bond acceptors (Lipinski definition) is 6. The van der Waals surface area contributed by atoms with Crippen LogP contribution in [0.5, 0.6) is 0 Å². The highest BCUT2D eigenvalue weighted by Gasteiger charge is 2.33. The SMILES string of the molecule is CCSc1nc(NCCC[NH+](C)C)c2c3c(sc2n1)CO[C@@](C)(CC)C3. The summed E-state index contributed by atoms with van der Waals surface area (Å²) in [7, 11) is 4.39. The summed E-state index contributed by atoms with van der Waals surface area (Å²) in [6, 6.07) is 0. The zero-order valence-corrected chi connectivity index (χ0v) is 18.2. The molecule has 2 aromatic heterocycles. The van der Waals surface area contributed by atoms with E-state index in [1.807, 2.05) is 0 Å². The number of thiophene rings is 1. The van der Waals surface area contributed by atoms with Crippen LogP contribution in [-0.2, 0) is 17.8 Å². The Balaban J connectivity index is 1.95. The summed E-state index contributed by atoms with van der Waals surface area (Å²) in [5.41, 5.74) is 1.32. The number of thioether (sulfide) groups is 1. The van der Waals surface area contributed by atoms with Crippen molar-refractivity contribution in [2.75, 3.05) is 38.3 Å². The summed E-state index contributed by atoms with van der Waals surface area (Å²) >= 11 is 3.48. The molecule has 0 bridgehead atoms. The minimum atomic E-state index is -0.0800. The molecule has 1 aliphatic heterocycles. The molecule has 0 saturated heterocycles. The number of aromatic nitrogens is 2. The van der Waals surface area contributed by atoms with Gasteiger partial charge in [-0.2, -0.15) is 0 Å². The average Bonchev–Trinajstić information content (AvgIpc) is 2.96. The van der Waals surface area contributed by atoms with Gasteiger partial charge < -0.3 is 15.0 Å². The normalized spacial score (nSPS) is 19.9. The maximum Gasteiger partial charge on any atom is 0.190 e. The van der Waals surface area contributed by atoms with Gasteiger partial charge in [0.25, 0.3) is 0 Å². The number of nitrogens with one attached hydrogen (secondary N) is 2. The van der Waals surface area contributed by atoms with Crippen molar-refractivity contribution in [3.8, 4) is 0 Å². The van der Waals surface area contributed by atoms with Crippen molar-refractivity contribution in [3.05, 3.63) is 10.4 Å². The van der Waals surface area contributed by atoms with E-state index in [2.05, 4.69) is 40.2 Å². The summed E-state index contributed by atoms with van der Waals surface area (Å²) in [4.78, 5) is 13.6. The Morgan fingerprint density at radius 1 is 1.31 bits per heavy atom. The fourth-order valence-electron chi connectivity index (χ4n) is 3.25. The Morgan fingerprint density at radius 2 is 2.12 bits per heavy atom. The molecule has 0 radical (unpaired) electrons. The van der Waals surface area contributed by atoms with Gasteiger partial charge in [-0.3, -0.25) is 0 Å². The average molecular weight is 396 g/mol. The highest BCUT2D eigenvalue weighted by Crippen LogP contribution is 2.42. The van der Waals surface area contributed by atoms with Crippen LogP contribution >= 0.6 is 23.1 Å². The molecule has 0 saturated carbocycles. The van der Waals surface area contributed by atoms with Gasteiger partial charge in [-0.05, 0) is 24.7 Å². The molecular weight excluding hydrogens is 364 g/mol. The van der Waals surface area contributed by atoms with Crippen molar-refractivity contribution in [3.63, 3.8) is 0 Å². The summed E-state index contributed by atoms with van der Waals surface area (Å²) in [5, 5.41) is 5.71. The molecule has 3 rings (SSSR count). The molecule has 0 aromatic carbocycles. The lowest BCUT2D eigenvalue weighted by atomic mass is 9.90. The number of ether oxygens (including phenoxy) is 1. The monoisotopic (exact) mass is 395 g/mol. The lowest BCUT2D eigenvalue weighted by molar-refractivity contribution is -0.858. The van der Waals surface area contributed by atoms with E-state index in [1.165, 1.54) is 20.7 Å². The number of hydrogen-bond donors (Lipinski definition) is 2. The molecular formula is C19H31N4OS2+. The van der Waals surface area contributed by atoms with Crippen molar-refractivity contribution < 1.29 is 9.64 Å². The van der Waals surface area contributed by atoms with Crippen LogP contribution in [0.2, 0.25) is 0 Å². The van der Waals surface area contributed by atoms with Gasteiger partial charge in [-0.1, -0.05) is 25.6 Å². The predicted molar refractivity (Wildman–Crippen MR) is 112 cm³/mol. The molecule has 0 amide bonds. The zero-order chi connectivity index (χ0) is 18.7. The molecule has 2 N–H and O–H groups in total. The molecule has 2 aromatic rings. The molecule has 7 heteroatoms. The Labute approximate surface area is 164 Å². The van der Waals surface area contributed by atoms with Crippen molar-refractivity contribution in [2.24, 2.45) is 0 Å². The minimum absolute atomic E-state index is 0.0800. The number of quaternary nitrogens is 1. The van der Waals surface area contributed by atoms with Crippen LogP contribution in [0.1, 0.15) is 44.1 Å². The number of anilines is 1. The van der Waals surface area contributed by atoms with Crippen molar-refractivity contribution in [2.45, 2.75) is 57.4 Å². The van der Waals surface area contributed by atoms with Gasteiger partial charge in [0.05, 0.1) is 38.2 Å². The van der Waals surface area contributed by atoms with Gasteiger partial charge >= 0.3 is 0 Å². The maximum absolute atomic E-state index is 6.15. The van der Waals surface area contributed by atoms with Crippen molar-refractivity contribution in [1.82, 2.24) is 9.97 Å². The summed E-state index contributed by atoms with van der Waals surface area (Å²) in [5.74, 6) is 1.99. The minimum Gasteiger partial charge on any atom is -0.369 e. The Bertz CT molecular complexity index is 762. The van der Waals surface area contributed by atoms with Crippen LogP contribution in [-0.4, -0.2) is 48.5 Å². The third-order valence-electron chi connectivity index (χ3n) is 4.98. The first kappa shape index (κ1) is 19.9. The van der Waals surface area contributed by atoms with Gasteiger partial charge in [0.1, 0.15) is 10.6 Å². The molecule has 0 spiro atoms. The van der Waals surface area contributed by atoms with Gasteiger partial charge in [-0.25, -0.2) is 9.97 Å². The second kappa shape index (κ2) is 8.42. The van der Waals surface area contributed by atoms with E-state index < -0.39 is 0 Å². The molecule has 5 nitrogen and oxygen atoms in total. The highest BCUT2D eigenvalue weighted by atomic mass is 32.2. The van der Waals surface area contributed by atoms with E-state index in [1.54, 1.807) is 23.1 Å². The second-order valence-corrected chi connectivity index (χ2v) is 9.79. The summed E-state index contributed by atoms with van der Waals surface area (Å²) in [6.07, 6.45) is 3.09. The molecule has 144 valence electrons. The van der Waals surface area contributed by atoms with Gasteiger partial charge in [0.2, 0.25) is 0 Å². The van der Waals surface area contributed by atoms with Crippen molar-refractivity contribution >= 4 is 39.1 Å². The maximum atomic E-state index is 6.15. The van der Waals surface area contributed by atoms with Gasteiger partial charge in [0.15, 0.2) is 5.16 Å². The standard InChI is InChI=1S/C19H30N4OS2/c1-6-19(3)11-13-14(12-24-19)26-17-15(13)16(20-9-8-10-23(4)5)21-18(22-17)25-7-2/h6-12H2,1-5H3,(H,20,21,22)/p+1/t19-/m0/s1. The van der Waals surface area contributed by atoms with E-state index in [-0.39, 0.29) is 5.60 Å². The Hall–Kier alpha value is -0.890. The topological polar surface area (TPSA) is 51.5 Å². The van der Waals surface area contributed by atoms with E-state index in [4.69, 9.17) is 14.7 Å². The quantitative estimate of drug-likeness (QED) is 0.409. The fraction of sp³-hybridized carbons (Fsp3) is 0.684. The predicted octanol–water partition coefficient (Wildman–Crippen LogP) is 2.99. The molecule has 1 atom stereocenters. The molecule has 3 heterocycles. The van der Waals surface area contributed by atoms with Crippen LogP contribution in [0, 0.1) is 0 Å². The first-order valence-electron chi connectivity index (χ1n) is 9.57. The van der Waals surface area contributed by atoms with E-state index in [0.717, 1.165) is 53.9 Å². The number of rotatable bonds is 8. The first-order chi connectivity index (χ1) is 12.5. The van der Waals surface area contributed by atoms with Crippen molar-refractivity contribution in [1.29, 1.82) is 0 Å². The fourth-order valence-corrected chi connectivity index (χ4v) is 4.98. The van der Waals surface area contributed by atoms with Crippen LogP contribution in [0.3, 0.4) is 0 Å². The third kappa shape index (κ3) is 4.32. The van der Waals surface area contributed by atoms with E-state index in [0.29, 0.717) is 6.61 Å². The molecule has 1 aliphatic rings. The van der Waals surface area contributed by atoms with Crippen LogP contribution < -0.4 is 10.2 Å². The van der Waals surface area contributed by atoms with Crippen LogP contribution in [0.15, 0.2) is 5.16 Å². The second-order valence-electron chi connectivity index (χ2n) is 7.48. The van der Waals surface area contributed by atoms with Crippen LogP contribution in [0.4, 0.5) is 5.82 Å². The first-order valence-corrected chi connectivity index (χ1v) is 11.4. The molecule has 0 unspecified atom stereocenters. The number of nitrogens with zero attached hydrogens (tertiary/aromatic N) is 2. The Kier molecular flexibility index (Phi) is 6.43. The summed E-state index contributed by atoms with van der Waals surface area (Å²) < 4.78 is 6.15. The number of fused-ring (bicyclic) bond motifs is 3. The van der Waals surface area contributed by atoms with Gasteiger partial charge in [-0.15, -0.1) is 11.3 Å².